The summed E-state index contributed by atoms with van der Waals surface area (Å²) in [6.07, 6.45) is 0. The fourth-order valence-corrected chi connectivity index (χ4v) is 4.82. The highest BCUT2D eigenvalue weighted by Crippen LogP contribution is 2.30. The minimum absolute atomic E-state index is 0.0898. The third kappa shape index (κ3) is 6.12. The minimum atomic E-state index is -0.284. The Balaban J connectivity index is 1.39. The van der Waals surface area contributed by atoms with Gasteiger partial charge in [0.1, 0.15) is 5.82 Å². The van der Waals surface area contributed by atoms with E-state index in [2.05, 4.69) is 27.6 Å². The molecule has 1 N–H and O–H groups in total. The van der Waals surface area contributed by atoms with Crippen molar-refractivity contribution in [2.75, 3.05) is 5.75 Å². The van der Waals surface area contributed by atoms with Gasteiger partial charge in [-0.1, -0.05) is 77.3 Å². The highest BCUT2D eigenvalue weighted by atomic mass is 32.2. The van der Waals surface area contributed by atoms with E-state index >= 15 is 0 Å². The fraction of sp³-hybridized carbons (Fsp3) is 0.167. The molecule has 0 unspecified atom stereocenters. The molecule has 0 aliphatic heterocycles. The van der Waals surface area contributed by atoms with Crippen molar-refractivity contribution in [1.82, 2.24) is 15.5 Å². The molecule has 4 nitrogen and oxygen atoms in total. The lowest BCUT2D eigenvalue weighted by Gasteiger charge is -2.04. The largest absolute Gasteiger partial charge is 0.351 e. The molecule has 0 bridgehead atoms. The van der Waals surface area contributed by atoms with Crippen molar-refractivity contribution in [3.8, 4) is 0 Å². The maximum absolute atomic E-state index is 12.8. The van der Waals surface area contributed by atoms with Crippen LogP contribution >= 0.6 is 34.9 Å². The molecule has 0 aliphatic rings. The molecular weight excluding hydrogens is 389 g/mol. The van der Waals surface area contributed by atoms with Crippen LogP contribution in [0.2, 0.25) is 0 Å². The summed E-state index contributed by atoms with van der Waals surface area (Å²) >= 11 is 4.50. The van der Waals surface area contributed by atoms with Gasteiger partial charge < -0.3 is 5.32 Å². The summed E-state index contributed by atoms with van der Waals surface area (Å²) in [6.45, 7) is 0.383. The van der Waals surface area contributed by atoms with E-state index in [4.69, 9.17) is 0 Å². The number of carbonyl (C=O) groups excluding carboxylic acids is 1. The zero-order chi connectivity index (χ0) is 18.2. The number of nitrogens with one attached hydrogen (secondary N) is 1. The Labute approximate surface area is 163 Å². The van der Waals surface area contributed by atoms with Crippen molar-refractivity contribution >= 4 is 40.8 Å². The summed E-state index contributed by atoms with van der Waals surface area (Å²) in [5, 5.41) is 11.1. The van der Waals surface area contributed by atoms with Gasteiger partial charge in [0.15, 0.2) is 8.68 Å². The number of hydrogen-bond donors (Lipinski definition) is 1. The molecule has 0 saturated carbocycles. The quantitative estimate of drug-likeness (QED) is 0.564. The highest BCUT2D eigenvalue weighted by molar-refractivity contribution is 8.03. The van der Waals surface area contributed by atoms with E-state index in [1.165, 1.54) is 40.8 Å². The summed E-state index contributed by atoms with van der Waals surface area (Å²) < 4.78 is 14.5. The van der Waals surface area contributed by atoms with Crippen molar-refractivity contribution in [3.05, 3.63) is 71.5 Å². The summed E-state index contributed by atoms with van der Waals surface area (Å²) in [5.74, 6) is 0.748. The Morgan fingerprint density at radius 1 is 0.962 bits per heavy atom. The first-order valence-electron chi connectivity index (χ1n) is 7.83. The number of benzene rings is 2. The predicted molar refractivity (Wildman–Crippen MR) is 105 cm³/mol. The van der Waals surface area contributed by atoms with Crippen LogP contribution in [0.15, 0.2) is 63.3 Å². The Morgan fingerprint density at radius 3 is 2.38 bits per heavy atom. The number of carbonyl (C=O) groups is 1. The zero-order valence-corrected chi connectivity index (χ0v) is 16.2. The molecule has 26 heavy (non-hydrogen) atoms. The summed E-state index contributed by atoms with van der Waals surface area (Å²) in [4.78, 5) is 11.9. The molecule has 0 radical (unpaired) electrons. The van der Waals surface area contributed by atoms with Gasteiger partial charge in [-0.15, -0.1) is 10.2 Å². The van der Waals surface area contributed by atoms with Crippen molar-refractivity contribution in [2.45, 2.75) is 21.0 Å². The van der Waals surface area contributed by atoms with Gasteiger partial charge in [0.25, 0.3) is 0 Å². The van der Waals surface area contributed by atoms with Crippen LogP contribution in [0.25, 0.3) is 0 Å². The molecule has 1 heterocycles. The number of thioether (sulfide) groups is 2. The molecule has 0 atom stereocenters. The zero-order valence-electron chi connectivity index (χ0n) is 13.7. The first-order chi connectivity index (χ1) is 12.7. The normalized spacial score (nSPS) is 10.7. The van der Waals surface area contributed by atoms with Crippen molar-refractivity contribution in [3.63, 3.8) is 0 Å². The van der Waals surface area contributed by atoms with Crippen LogP contribution in [0.3, 0.4) is 0 Å². The molecule has 0 aliphatic carbocycles. The monoisotopic (exact) mass is 405 g/mol. The van der Waals surface area contributed by atoms with Crippen molar-refractivity contribution in [2.24, 2.45) is 0 Å². The van der Waals surface area contributed by atoms with Gasteiger partial charge in [0.2, 0.25) is 5.91 Å². The Bertz CT molecular complexity index is 840. The number of rotatable bonds is 8. The molecule has 3 rings (SSSR count). The lowest BCUT2D eigenvalue weighted by Crippen LogP contribution is -2.24. The second-order valence-electron chi connectivity index (χ2n) is 5.30. The number of nitrogens with zero attached hydrogens (tertiary/aromatic N) is 2. The van der Waals surface area contributed by atoms with Gasteiger partial charge in [-0.25, -0.2) is 4.39 Å². The van der Waals surface area contributed by atoms with Gasteiger partial charge in [0.05, 0.1) is 5.75 Å². The highest BCUT2D eigenvalue weighted by Gasteiger charge is 2.09. The second-order valence-corrected chi connectivity index (χ2v) is 8.72. The molecule has 0 spiro atoms. The average Bonchev–Trinajstić information content (AvgIpc) is 3.13. The van der Waals surface area contributed by atoms with Gasteiger partial charge >= 0.3 is 0 Å². The Kier molecular flexibility index (Phi) is 7.04. The van der Waals surface area contributed by atoms with Crippen LogP contribution in [0.1, 0.15) is 11.1 Å². The topological polar surface area (TPSA) is 54.9 Å². The molecule has 3 aromatic rings. The van der Waals surface area contributed by atoms with Crippen LogP contribution < -0.4 is 5.32 Å². The number of hydrogen-bond acceptors (Lipinski definition) is 6. The van der Waals surface area contributed by atoms with Crippen LogP contribution in [0.4, 0.5) is 4.39 Å². The molecule has 0 fully saturated rings. The lowest BCUT2D eigenvalue weighted by molar-refractivity contribution is -0.118. The fourth-order valence-electron chi connectivity index (χ4n) is 2.01. The molecule has 8 heteroatoms. The molecule has 1 aromatic heterocycles. The van der Waals surface area contributed by atoms with Crippen LogP contribution in [-0.4, -0.2) is 21.9 Å². The third-order valence-corrected chi connectivity index (χ3v) is 6.58. The molecule has 1 amide bonds. The number of halogens is 1. The standard InChI is InChI=1S/C18H16FN3OS3/c19-15-8-6-13(7-9-15)10-20-16(23)12-25-18-22-21-17(26-18)24-11-14-4-2-1-3-5-14/h1-9H,10-12H2,(H,20,23). The van der Waals surface area contributed by atoms with E-state index < -0.39 is 0 Å². The molecule has 134 valence electrons. The summed E-state index contributed by atoms with van der Waals surface area (Å²) in [7, 11) is 0. The van der Waals surface area contributed by atoms with Crippen molar-refractivity contribution < 1.29 is 9.18 Å². The first-order valence-corrected chi connectivity index (χ1v) is 10.6. The van der Waals surface area contributed by atoms with Crippen molar-refractivity contribution in [1.29, 1.82) is 0 Å². The van der Waals surface area contributed by atoms with Gasteiger partial charge in [-0.05, 0) is 23.3 Å². The molecule has 0 saturated heterocycles. The van der Waals surface area contributed by atoms with Gasteiger partial charge in [-0.2, -0.15) is 0 Å². The van der Waals surface area contributed by atoms with Gasteiger partial charge in [0, 0.05) is 12.3 Å². The van der Waals surface area contributed by atoms with E-state index in [1.807, 2.05) is 18.2 Å². The first kappa shape index (κ1) is 18.9. The summed E-state index contributed by atoms with van der Waals surface area (Å²) in [5.41, 5.74) is 2.10. The predicted octanol–water partition coefficient (Wildman–Crippen LogP) is 4.38. The van der Waals surface area contributed by atoms with E-state index in [0.29, 0.717) is 6.54 Å². The number of aromatic nitrogens is 2. The van der Waals surface area contributed by atoms with E-state index in [9.17, 15) is 9.18 Å². The Hall–Kier alpha value is -1.90. The van der Waals surface area contributed by atoms with Crippen LogP contribution in [0, 0.1) is 5.82 Å². The Morgan fingerprint density at radius 2 is 1.65 bits per heavy atom. The van der Waals surface area contributed by atoms with E-state index in [1.54, 1.807) is 23.9 Å². The van der Waals surface area contributed by atoms with Crippen LogP contribution in [0.5, 0.6) is 0 Å². The van der Waals surface area contributed by atoms with E-state index in [0.717, 1.165) is 20.0 Å². The smallest absolute Gasteiger partial charge is 0.230 e. The van der Waals surface area contributed by atoms with Crippen LogP contribution in [-0.2, 0) is 17.1 Å². The maximum atomic E-state index is 12.8. The summed E-state index contributed by atoms with van der Waals surface area (Å²) in [6, 6.07) is 16.3. The molecule has 2 aromatic carbocycles. The third-order valence-electron chi connectivity index (χ3n) is 3.32. The SMILES string of the molecule is O=C(CSc1nnc(SCc2ccccc2)s1)NCc1ccc(F)cc1. The van der Waals surface area contributed by atoms with E-state index in [-0.39, 0.29) is 17.5 Å². The average molecular weight is 406 g/mol. The second kappa shape index (κ2) is 9.70. The number of amides is 1. The minimum Gasteiger partial charge on any atom is -0.351 e. The van der Waals surface area contributed by atoms with Gasteiger partial charge in [-0.3, -0.25) is 4.79 Å². The lowest BCUT2D eigenvalue weighted by atomic mass is 10.2. The maximum Gasteiger partial charge on any atom is 0.230 e. The molecular formula is C18H16FN3OS3.